The number of hydrogen-bond acceptors (Lipinski definition) is 7. The molecule has 0 amide bonds. The fraction of sp³-hybridized carbons (Fsp3) is 0.633. The molecule has 2 bridgehead atoms. The van der Waals surface area contributed by atoms with Crippen molar-refractivity contribution >= 4 is 32.7 Å². The minimum Gasteiger partial charge on any atom is -0.478 e. The number of rotatable bonds is 7. The molecule has 1 aromatic carbocycles. The zero-order chi connectivity index (χ0) is 26.0. The lowest BCUT2D eigenvalue weighted by Crippen LogP contribution is -2.45. The van der Waals surface area contributed by atoms with E-state index in [0.717, 1.165) is 46.8 Å². The number of carboxylic acid groups (broad SMARTS) is 1. The molecule has 4 aliphatic rings. The summed E-state index contributed by atoms with van der Waals surface area (Å²) in [5, 5.41) is 15.0. The van der Waals surface area contributed by atoms with Crippen molar-refractivity contribution in [2.45, 2.75) is 115 Å². The molecule has 7 nitrogen and oxygen atoms in total. The van der Waals surface area contributed by atoms with E-state index in [1.54, 1.807) is 23.5 Å². The number of aromatic carboxylic acids is 1. The average Bonchev–Trinajstić information content (AvgIpc) is 3.41. The molecular formula is C30H37N3O4S. The van der Waals surface area contributed by atoms with Crippen molar-refractivity contribution in [1.82, 2.24) is 10.1 Å². The van der Waals surface area contributed by atoms with Crippen molar-refractivity contribution in [3.63, 3.8) is 0 Å². The summed E-state index contributed by atoms with van der Waals surface area (Å²) in [7, 11) is 0. The summed E-state index contributed by atoms with van der Waals surface area (Å²) >= 11 is 1.62. The number of fused-ring (bicyclic) bond motifs is 3. The van der Waals surface area contributed by atoms with Crippen LogP contribution in [0.1, 0.15) is 117 Å². The van der Waals surface area contributed by atoms with Gasteiger partial charge in [-0.3, -0.25) is 0 Å². The molecule has 2 saturated carbocycles. The van der Waals surface area contributed by atoms with Crippen LogP contribution < -0.4 is 4.90 Å². The molecule has 2 aliphatic heterocycles. The van der Waals surface area contributed by atoms with Crippen molar-refractivity contribution in [2.24, 2.45) is 5.41 Å². The Hall–Kier alpha value is -2.45. The maximum Gasteiger partial charge on any atom is 0.335 e. The van der Waals surface area contributed by atoms with Gasteiger partial charge in [-0.2, -0.15) is 0 Å². The lowest BCUT2D eigenvalue weighted by Gasteiger charge is -2.38. The number of ether oxygens (including phenoxy) is 1. The number of thiazole rings is 1. The standard InChI is InChI=1S/C30H37N3O4S/c1-30(2)11-9-17(10-12-30)26-23(27(37-32-26)18-3-4-18)16-36-22-14-20-6-7-21(15-22)33(20)29-31-24-8-5-19(28(34)35)13-25(24)38-29/h5,8,13,17-18,20-22H,3-4,6-7,9-12,14-16H2,1-2H3,(H,34,35)/t20-,21?,22?/m0/s1. The number of nitrogens with zero attached hydrogens (tertiary/aromatic N) is 3. The number of piperidine rings is 1. The van der Waals surface area contributed by atoms with Gasteiger partial charge in [0, 0.05) is 29.5 Å². The van der Waals surface area contributed by atoms with Crippen molar-refractivity contribution in [3.8, 4) is 0 Å². The Morgan fingerprint density at radius 1 is 1.11 bits per heavy atom. The Morgan fingerprint density at radius 2 is 1.84 bits per heavy atom. The minimum absolute atomic E-state index is 0.233. The van der Waals surface area contributed by atoms with Crippen molar-refractivity contribution in [3.05, 3.63) is 40.8 Å². The second kappa shape index (κ2) is 9.33. The summed E-state index contributed by atoms with van der Waals surface area (Å²) in [6.45, 7) is 5.38. The van der Waals surface area contributed by atoms with Gasteiger partial charge in [0.1, 0.15) is 5.76 Å². The maximum absolute atomic E-state index is 11.4. The number of carboxylic acids is 1. The van der Waals surface area contributed by atoms with Crippen LogP contribution in [-0.4, -0.2) is 39.4 Å². The Balaban J connectivity index is 1.05. The normalized spacial score (nSPS) is 27.3. The van der Waals surface area contributed by atoms with E-state index in [4.69, 9.17) is 14.2 Å². The molecule has 202 valence electrons. The van der Waals surface area contributed by atoms with Gasteiger partial charge in [0.15, 0.2) is 5.13 Å². The zero-order valence-corrected chi connectivity index (χ0v) is 23.1. The van der Waals surface area contributed by atoms with Gasteiger partial charge < -0.3 is 19.3 Å². The molecule has 1 N–H and O–H groups in total. The molecule has 2 aliphatic carbocycles. The molecule has 2 unspecified atom stereocenters. The lowest BCUT2D eigenvalue weighted by molar-refractivity contribution is 0.0140. The fourth-order valence-corrected chi connectivity index (χ4v) is 8.22. The molecule has 2 aromatic heterocycles. The molecular weight excluding hydrogens is 498 g/mol. The predicted octanol–water partition coefficient (Wildman–Crippen LogP) is 7.26. The molecule has 7 rings (SSSR count). The van der Waals surface area contributed by atoms with Crippen LogP contribution in [0, 0.1) is 5.41 Å². The highest BCUT2D eigenvalue weighted by Crippen LogP contribution is 2.48. The average molecular weight is 536 g/mol. The van der Waals surface area contributed by atoms with Crippen LogP contribution in [0.15, 0.2) is 22.7 Å². The van der Waals surface area contributed by atoms with Crippen molar-refractivity contribution in [1.29, 1.82) is 0 Å². The highest BCUT2D eigenvalue weighted by molar-refractivity contribution is 7.22. The number of aromatic nitrogens is 2. The quantitative estimate of drug-likeness (QED) is 0.340. The van der Waals surface area contributed by atoms with Crippen LogP contribution in [-0.2, 0) is 11.3 Å². The summed E-state index contributed by atoms with van der Waals surface area (Å²) in [5.41, 5.74) is 4.07. The van der Waals surface area contributed by atoms with Gasteiger partial charge >= 0.3 is 5.97 Å². The van der Waals surface area contributed by atoms with E-state index in [0.29, 0.717) is 41.5 Å². The predicted molar refractivity (Wildman–Crippen MR) is 147 cm³/mol. The lowest BCUT2D eigenvalue weighted by atomic mass is 9.72. The minimum atomic E-state index is -0.895. The molecule has 38 heavy (non-hydrogen) atoms. The van der Waals surface area contributed by atoms with Gasteiger partial charge in [0.05, 0.1) is 34.2 Å². The zero-order valence-electron chi connectivity index (χ0n) is 22.3. The van der Waals surface area contributed by atoms with Crippen LogP contribution in [0.5, 0.6) is 0 Å². The molecule has 4 heterocycles. The van der Waals surface area contributed by atoms with E-state index in [-0.39, 0.29) is 6.10 Å². The Bertz CT molecular complexity index is 1330. The van der Waals surface area contributed by atoms with E-state index < -0.39 is 5.97 Å². The largest absolute Gasteiger partial charge is 0.478 e. The van der Waals surface area contributed by atoms with Crippen molar-refractivity contribution < 1.29 is 19.2 Å². The molecule has 4 fully saturated rings. The first-order valence-electron chi connectivity index (χ1n) is 14.4. The summed E-state index contributed by atoms with van der Waals surface area (Å²) in [6, 6.07) is 6.06. The summed E-state index contributed by atoms with van der Waals surface area (Å²) in [4.78, 5) is 18.8. The summed E-state index contributed by atoms with van der Waals surface area (Å²) < 4.78 is 13.6. The number of hydrogen-bond donors (Lipinski definition) is 1. The highest BCUT2D eigenvalue weighted by atomic mass is 32.1. The fourth-order valence-electron chi connectivity index (χ4n) is 7.07. The Morgan fingerprint density at radius 3 is 2.53 bits per heavy atom. The monoisotopic (exact) mass is 535 g/mol. The second-order valence-electron chi connectivity index (χ2n) is 12.8. The van der Waals surface area contributed by atoms with E-state index in [9.17, 15) is 9.90 Å². The third-order valence-corrected chi connectivity index (χ3v) is 10.6. The smallest absolute Gasteiger partial charge is 0.335 e. The van der Waals surface area contributed by atoms with Gasteiger partial charge in [-0.25, -0.2) is 9.78 Å². The molecule has 0 spiro atoms. The number of benzene rings is 1. The van der Waals surface area contributed by atoms with E-state index >= 15 is 0 Å². The molecule has 3 aromatic rings. The first-order valence-corrected chi connectivity index (χ1v) is 15.2. The Labute approximate surface area is 227 Å². The van der Waals surface area contributed by atoms with Crippen LogP contribution in [0.2, 0.25) is 0 Å². The summed E-state index contributed by atoms with van der Waals surface area (Å²) in [6.07, 6.45) is 11.8. The van der Waals surface area contributed by atoms with Gasteiger partial charge in [-0.15, -0.1) is 0 Å². The third kappa shape index (κ3) is 4.53. The van der Waals surface area contributed by atoms with Gasteiger partial charge in [-0.1, -0.05) is 30.3 Å². The first-order chi connectivity index (χ1) is 18.3. The topological polar surface area (TPSA) is 88.7 Å². The van der Waals surface area contributed by atoms with E-state index in [1.807, 2.05) is 6.07 Å². The maximum atomic E-state index is 11.4. The number of anilines is 1. The van der Waals surface area contributed by atoms with Crippen LogP contribution in [0.25, 0.3) is 10.2 Å². The van der Waals surface area contributed by atoms with Crippen LogP contribution >= 0.6 is 11.3 Å². The first kappa shape index (κ1) is 24.6. The van der Waals surface area contributed by atoms with Gasteiger partial charge in [0.25, 0.3) is 0 Å². The van der Waals surface area contributed by atoms with Crippen LogP contribution in [0.4, 0.5) is 5.13 Å². The van der Waals surface area contributed by atoms with E-state index in [1.165, 1.54) is 49.8 Å². The van der Waals surface area contributed by atoms with Crippen LogP contribution in [0.3, 0.4) is 0 Å². The van der Waals surface area contributed by atoms with Gasteiger partial charge in [0.2, 0.25) is 0 Å². The molecule has 0 radical (unpaired) electrons. The van der Waals surface area contributed by atoms with Crippen molar-refractivity contribution in [2.75, 3.05) is 4.90 Å². The molecule has 3 atom stereocenters. The van der Waals surface area contributed by atoms with E-state index in [2.05, 4.69) is 23.9 Å². The number of carbonyl (C=O) groups is 1. The van der Waals surface area contributed by atoms with Gasteiger partial charge in [-0.05, 0) is 87.8 Å². The molecule has 2 saturated heterocycles. The molecule has 8 heteroatoms. The second-order valence-corrected chi connectivity index (χ2v) is 13.8. The SMILES string of the molecule is CC1(C)CCC(c2noc(C3CC3)c2COC2CC3CC[C@@H](C2)N3c2nc3ccc(C(=O)O)cc3s2)CC1. The highest BCUT2D eigenvalue weighted by Gasteiger charge is 2.43. The third-order valence-electron chi connectivity index (χ3n) is 9.52. The Kier molecular flexibility index (Phi) is 6.04. The summed E-state index contributed by atoms with van der Waals surface area (Å²) in [5.74, 6) is 1.23.